The van der Waals surface area contributed by atoms with E-state index in [1.165, 1.54) is 36.6 Å². The first-order valence-corrected chi connectivity index (χ1v) is 8.64. The summed E-state index contributed by atoms with van der Waals surface area (Å²) in [6, 6.07) is 0. The third-order valence-corrected chi connectivity index (χ3v) is 5.33. The van der Waals surface area contributed by atoms with Gasteiger partial charge in [-0.25, -0.2) is 0 Å². The number of hydrogen-bond acceptors (Lipinski definition) is 0. The first-order valence-electron chi connectivity index (χ1n) is 5.27. The molecule has 0 unspecified atom stereocenters. The summed E-state index contributed by atoms with van der Waals surface area (Å²) >= 11 is 6.19. The van der Waals surface area contributed by atoms with Crippen molar-refractivity contribution in [2.75, 3.05) is 0 Å². The number of unbranched alkanes of at least 4 members (excludes halogenated alkanes) is 3. The van der Waals surface area contributed by atoms with Crippen LogP contribution in [0.25, 0.3) is 0 Å². The Kier molecular flexibility index (Phi) is 11.6. The van der Waals surface area contributed by atoms with Crippen LogP contribution in [-0.4, -0.2) is 20.9 Å². The molecule has 0 radical (unpaired) electrons. The van der Waals surface area contributed by atoms with Crippen molar-refractivity contribution in [3.8, 4) is 0 Å². The molecule has 0 atom stereocenters. The zero-order chi connectivity index (χ0) is 9.94. The van der Waals surface area contributed by atoms with Crippen molar-refractivity contribution in [2.24, 2.45) is 0 Å². The molecule has 0 saturated heterocycles. The Bertz CT molecular complexity index is 132. The monoisotopic (exact) mass is 318 g/mol. The molecular weight excluding hydrogens is 295 g/mol. The molecule has 0 rings (SSSR count). The Hall–Kier alpha value is 0.820. The molecule has 0 aliphatic rings. The summed E-state index contributed by atoms with van der Waals surface area (Å²) in [5.74, 6) is 0. The van der Waals surface area contributed by atoms with E-state index in [4.69, 9.17) is 11.6 Å². The van der Waals surface area contributed by atoms with Crippen molar-refractivity contribution in [1.29, 1.82) is 0 Å². The number of allylic oxidation sites excluding steroid dienone is 1. The van der Waals surface area contributed by atoms with E-state index >= 15 is 0 Å². The predicted octanol–water partition coefficient (Wildman–Crippen LogP) is 4.57. The van der Waals surface area contributed by atoms with Gasteiger partial charge in [0, 0.05) is 0 Å². The van der Waals surface area contributed by atoms with Gasteiger partial charge in [-0.15, -0.1) is 0 Å². The Morgan fingerprint density at radius 1 is 1.15 bits per heavy atom. The van der Waals surface area contributed by atoms with E-state index in [1.807, 2.05) is 0 Å². The average Bonchev–Trinajstić information content (AvgIpc) is 2.13. The van der Waals surface area contributed by atoms with Crippen molar-refractivity contribution >= 4 is 32.5 Å². The fourth-order valence-corrected chi connectivity index (χ4v) is 4.02. The van der Waals surface area contributed by atoms with Crippen LogP contribution in [0.15, 0.2) is 9.16 Å². The van der Waals surface area contributed by atoms with Gasteiger partial charge < -0.3 is 0 Å². The SMILES string of the molecule is CCCCC/C(Cl)=C/[Te]CCCC. The van der Waals surface area contributed by atoms with E-state index in [0.717, 1.165) is 11.5 Å². The van der Waals surface area contributed by atoms with Crippen LogP contribution in [-0.2, 0) is 0 Å². The van der Waals surface area contributed by atoms with Gasteiger partial charge in [0.25, 0.3) is 0 Å². The quantitative estimate of drug-likeness (QED) is 0.454. The Morgan fingerprint density at radius 2 is 1.85 bits per heavy atom. The van der Waals surface area contributed by atoms with Crippen molar-refractivity contribution in [2.45, 2.75) is 56.8 Å². The minimum absolute atomic E-state index is 0.0976. The summed E-state index contributed by atoms with van der Waals surface area (Å²) in [5, 5.41) is 1.13. The molecule has 0 aromatic carbocycles. The number of halogens is 1. The second kappa shape index (κ2) is 10.9. The van der Waals surface area contributed by atoms with Gasteiger partial charge in [0.05, 0.1) is 0 Å². The Morgan fingerprint density at radius 3 is 2.46 bits per heavy atom. The van der Waals surface area contributed by atoms with Crippen LogP contribution in [0.4, 0.5) is 0 Å². The van der Waals surface area contributed by atoms with Crippen LogP contribution in [0.5, 0.6) is 0 Å². The van der Waals surface area contributed by atoms with Gasteiger partial charge in [-0.2, -0.15) is 0 Å². The fourth-order valence-electron chi connectivity index (χ4n) is 0.980. The molecule has 2 heteroatoms. The van der Waals surface area contributed by atoms with E-state index in [0.29, 0.717) is 0 Å². The standard InChI is InChI=1S/C11H21ClTe/c1-3-5-7-8-11(12)10-13-9-6-4-2/h10H,3-9H2,1-2H3/b11-10-. The summed E-state index contributed by atoms with van der Waals surface area (Å²) < 4.78 is 3.75. The molecule has 0 nitrogen and oxygen atoms in total. The molecule has 0 aromatic rings. The maximum absolute atomic E-state index is 6.09. The molecule has 13 heavy (non-hydrogen) atoms. The molecule has 0 N–H and O–H groups in total. The molecule has 0 bridgehead atoms. The zero-order valence-corrected chi connectivity index (χ0v) is 11.9. The van der Waals surface area contributed by atoms with Gasteiger partial charge in [0.2, 0.25) is 0 Å². The van der Waals surface area contributed by atoms with Crippen LogP contribution < -0.4 is 0 Å². The summed E-state index contributed by atoms with van der Waals surface area (Å²) in [4.78, 5) is 0. The normalized spacial score (nSPS) is 12.1. The summed E-state index contributed by atoms with van der Waals surface area (Å²) in [6.45, 7) is 4.48. The second-order valence-corrected chi connectivity index (χ2v) is 6.52. The van der Waals surface area contributed by atoms with Gasteiger partial charge in [-0.05, 0) is 0 Å². The van der Waals surface area contributed by atoms with Crippen LogP contribution in [0.2, 0.25) is 4.47 Å². The maximum atomic E-state index is 6.09. The molecule has 0 aliphatic heterocycles. The molecule has 0 aliphatic carbocycles. The number of rotatable bonds is 8. The Labute approximate surface area is 98.2 Å². The second-order valence-electron chi connectivity index (χ2n) is 3.25. The van der Waals surface area contributed by atoms with E-state index in [-0.39, 0.29) is 20.9 Å². The minimum atomic E-state index is 0.0976. The molecular formula is C11H21ClTe. The van der Waals surface area contributed by atoms with Crippen LogP contribution in [0.3, 0.4) is 0 Å². The first-order chi connectivity index (χ1) is 6.31. The summed E-state index contributed by atoms with van der Waals surface area (Å²) in [6.07, 6.45) is 7.71. The van der Waals surface area contributed by atoms with E-state index < -0.39 is 0 Å². The van der Waals surface area contributed by atoms with Gasteiger partial charge in [0.15, 0.2) is 0 Å². The molecule has 0 spiro atoms. The van der Waals surface area contributed by atoms with E-state index in [9.17, 15) is 0 Å². The predicted molar refractivity (Wildman–Crippen MR) is 63.5 cm³/mol. The third kappa shape index (κ3) is 10.7. The van der Waals surface area contributed by atoms with Gasteiger partial charge in [-0.1, -0.05) is 0 Å². The molecule has 0 fully saturated rings. The summed E-state index contributed by atoms with van der Waals surface area (Å²) in [7, 11) is 0. The zero-order valence-electron chi connectivity index (χ0n) is 8.81. The number of hydrogen-bond donors (Lipinski definition) is 0. The van der Waals surface area contributed by atoms with Crippen LogP contribution >= 0.6 is 11.6 Å². The van der Waals surface area contributed by atoms with E-state index in [1.54, 1.807) is 0 Å². The summed E-state index contributed by atoms with van der Waals surface area (Å²) in [5.41, 5.74) is 0. The molecule has 78 valence electrons. The van der Waals surface area contributed by atoms with Crippen molar-refractivity contribution < 1.29 is 0 Å². The Balaban J connectivity index is 3.29. The fraction of sp³-hybridized carbons (Fsp3) is 0.818. The van der Waals surface area contributed by atoms with Crippen molar-refractivity contribution in [3.05, 3.63) is 9.16 Å². The van der Waals surface area contributed by atoms with E-state index in [2.05, 4.69) is 18.0 Å². The topological polar surface area (TPSA) is 0 Å². The van der Waals surface area contributed by atoms with Crippen LogP contribution in [0.1, 0.15) is 52.4 Å². The van der Waals surface area contributed by atoms with Crippen LogP contribution in [0, 0.1) is 0 Å². The van der Waals surface area contributed by atoms with Crippen molar-refractivity contribution in [1.82, 2.24) is 0 Å². The van der Waals surface area contributed by atoms with Gasteiger partial charge in [0.1, 0.15) is 0 Å². The molecule has 0 amide bonds. The van der Waals surface area contributed by atoms with Crippen molar-refractivity contribution in [3.63, 3.8) is 0 Å². The first kappa shape index (κ1) is 13.8. The third-order valence-electron chi connectivity index (χ3n) is 1.85. The molecule has 0 aromatic heterocycles. The average molecular weight is 316 g/mol. The molecule has 0 heterocycles. The van der Waals surface area contributed by atoms with Gasteiger partial charge in [-0.3, -0.25) is 0 Å². The van der Waals surface area contributed by atoms with Gasteiger partial charge >= 0.3 is 98.5 Å². The molecule has 0 saturated carbocycles.